The van der Waals surface area contributed by atoms with Crippen LogP contribution in [0.4, 0.5) is 0 Å². The van der Waals surface area contributed by atoms with Crippen LogP contribution < -0.4 is 21.3 Å². The molecular formula is C32H54N4O21. The molecule has 328 valence electrons. The van der Waals surface area contributed by atoms with E-state index in [2.05, 4.69) is 21.3 Å². The molecule has 4 saturated heterocycles. The first-order valence-electron chi connectivity index (χ1n) is 18.0. The molecule has 14 N–H and O–H groups in total. The van der Waals surface area contributed by atoms with Crippen molar-refractivity contribution in [1.82, 2.24) is 21.3 Å². The van der Waals surface area contributed by atoms with Gasteiger partial charge in [-0.25, -0.2) is 0 Å². The number of nitrogens with one attached hydrogen (secondary N) is 4. The van der Waals surface area contributed by atoms with E-state index in [1.807, 2.05) is 0 Å². The summed E-state index contributed by atoms with van der Waals surface area (Å²) in [5.74, 6) is -2.87. The number of aliphatic hydroxyl groups is 10. The molecule has 0 radical (unpaired) electrons. The largest absolute Gasteiger partial charge is 0.394 e. The third-order valence-electron chi connectivity index (χ3n) is 9.79. The zero-order chi connectivity index (χ0) is 42.5. The molecule has 0 bridgehead atoms. The van der Waals surface area contributed by atoms with Crippen molar-refractivity contribution in [3.63, 3.8) is 0 Å². The summed E-state index contributed by atoms with van der Waals surface area (Å²) in [7, 11) is 0. The average molecular weight is 831 g/mol. The Morgan fingerprint density at radius 2 is 0.860 bits per heavy atom. The number of carbonyl (C=O) groups is 4. The maximum Gasteiger partial charge on any atom is 0.217 e. The Kier molecular flexibility index (Phi) is 16.8. The van der Waals surface area contributed by atoms with Crippen LogP contribution in [0.3, 0.4) is 0 Å². The number of hydrogen-bond acceptors (Lipinski definition) is 21. The van der Waals surface area contributed by atoms with Gasteiger partial charge in [-0.3, -0.25) is 19.2 Å². The number of amides is 4. The Bertz CT molecular complexity index is 1370. The smallest absolute Gasteiger partial charge is 0.217 e. The summed E-state index contributed by atoms with van der Waals surface area (Å²) in [5, 5.41) is 116. The molecule has 0 aliphatic carbocycles. The van der Waals surface area contributed by atoms with E-state index in [0.29, 0.717) is 0 Å². The highest BCUT2D eigenvalue weighted by Crippen LogP contribution is 2.33. The summed E-state index contributed by atoms with van der Waals surface area (Å²) in [5.41, 5.74) is 0. The standard InChI is InChI=1S/C32H54N4O21/c1-9(40)33-17-26(49)27(15(7-39)52-29(17)50)56-32-20(36-12(4)43)28(57-31-19(35-11(3)42)25(48)22(45)14(6-38)54-31)23(46)16(55-32)8-51-30-18(34-10(2)41)24(47)21(44)13(5-37)53-30/h13-32,37-39,44-50H,5-8H2,1-4H3,(H,33,40)(H,34,41)(H,35,42)(H,36,43)/t13-,14-,15-,16-,17-,18-,19-,20-,21-,22-,23-,24-,25-,26-,27-,28-,29-,30-,31+,32+/m1/s1. The first kappa shape index (κ1) is 46.9. The maximum absolute atomic E-state index is 12.7. The van der Waals surface area contributed by atoms with Gasteiger partial charge in [0.05, 0.1) is 26.4 Å². The third-order valence-corrected chi connectivity index (χ3v) is 9.79. The number of carbonyl (C=O) groups excluding carboxylic acids is 4. The van der Waals surface area contributed by atoms with Crippen LogP contribution in [0.2, 0.25) is 0 Å². The fourth-order valence-electron chi connectivity index (χ4n) is 7.06. The van der Waals surface area contributed by atoms with Gasteiger partial charge in [0.2, 0.25) is 23.6 Å². The van der Waals surface area contributed by atoms with Gasteiger partial charge in [-0.1, -0.05) is 0 Å². The number of ether oxygens (including phenoxy) is 7. The fourth-order valence-corrected chi connectivity index (χ4v) is 7.06. The van der Waals surface area contributed by atoms with Gasteiger partial charge in [0.15, 0.2) is 25.2 Å². The SMILES string of the molecule is CC(=O)N[C@@H]1[C@@H](O)[C@H](O[C@@H]2O[C@H](CO[C@@H]3O[C@H](CO)[C@@H](O)[C@H](O)[C@H]3NC(C)=O)[C@@H](O)[C@H](O[C@@H]3O[C@H](CO)[C@@H](O)[C@H](O)[C@H]3NC(C)=O)[C@H]2NC(C)=O)[C@@H](CO)O[C@H]1O. The van der Waals surface area contributed by atoms with Gasteiger partial charge < -0.3 is 105 Å². The minimum atomic E-state index is -1.93. The van der Waals surface area contributed by atoms with E-state index in [-0.39, 0.29) is 0 Å². The lowest BCUT2D eigenvalue weighted by atomic mass is 9.93. The quantitative estimate of drug-likeness (QED) is 0.0773. The average Bonchev–Trinajstić information content (AvgIpc) is 3.14. The van der Waals surface area contributed by atoms with Gasteiger partial charge in [0, 0.05) is 27.7 Å². The van der Waals surface area contributed by atoms with Crippen molar-refractivity contribution in [3.05, 3.63) is 0 Å². The molecule has 0 saturated carbocycles. The lowest BCUT2D eigenvalue weighted by Gasteiger charge is -2.50. The van der Waals surface area contributed by atoms with Gasteiger partial charge in [-0.15, -0.1) is 0 Å². The highest BCUT2D eigenvalue weighted by molar-refractivity contribution is 5.74. The van der Waals surface area contributed by atoms with Crippen LogP contribution in [-0.4, -0.2) is 224 Å². The molecule has 4 aliphatic rings. The number of aliphatic hydroxyl groups excluding tert-OH is 10. The van der Waals surface area contributed by atoms with E-state index < -0.39 is 173 Å². The van der Waals surface area contributed by atoms with E-state index in [0.717, 1.165) is 27.7 Å². The molecule has 0 aromatic heterocycles. The van der Waals surface area contributed by atoms with Crippen LogP contribution in [0.5, 0.6) is 0 Å². The van der Waals surface area contributed by atoms with Crippen molar-refractivity contribution >= 4 is 23.6 Å². The Hall–Kier alpha value is -2.80. The van der Waals surface area contributed by atoms with Crippen LogP contribution in [-0.2, 0) is 52.3 Å². The lowest BCUT2D eigenvalue weighted by Crippen LogP contribution is -2.71. The predicted molar refractivity (Wildman–Crippen MR) is 180 cm³/mol. The molecular weight excluding hydrogens is 776 g/mol. The molecule has 4 rings (SSSR count). The van der Waals surface area contributed by atoms with Crippen molar-refractivity contribution in [2.24, 2.45) is 0 Å². The lowest BCUT2D eigenvalue weighted by molar-refractivity contribution is -0.355. The molecule has 0 aromatic rings. The molecule has 25 heteroatoms. The van der Waals surface area contributed by atoms with Crippen molar-refractivity contribution in [1.29, 1.82) is 0 Å². The molecule has 0 aromatic carbocycles. The van der Waals surface area contributed by atoms with Crippen molar-refractivity contribution in [3.8, 4) is 0 Å². The summed E-state index contributed by atoms with van der Waals surface area (Å²) >= 11 is 0. The van der Waals surface area contributed by atoms with Crippen molar-refractivity contribution in [2.75, 3.05) is 26.4 Å². The van der Waals surface area contributed by atoms with Gasteiger partial charge in [0.25, 0.3) is 0 Å². The third kappa shape index (κ3) is 11.1. The second-order valence-electron chi connectivity index (χ2n) is 14.1. The summed E-state index contributed by atoms with van der Waals surface area (Å²) in [6, 6.07) is -6.17. The summed E-state index contributed by atoms with van der Waals surface area (Å²) in [6.07, 6.45) is -27.4. The molecule has 0 spiro atoms. The maximum atomic E-state index is 12.7. The molecule has 25 nitrogen and oxygen atoms in total. The second kappa shape index (κ2) is 20.4. The summed E-state index contributed by atoms with van der Waals surface area (Å²) in [6.45, 7) is 1.05. The molecule has 4 fully saturated rings. The van der Waals surface area contributed by atoms with Gasteiger partial charge >= 0.3 is 0 Å². The Morgan fingerprint density at radius 3 is 1.35 bits per heavy atom. The van der Waals surface area contributed by atoms with E-state index in [1.54, 1.807) is 0 Å². The zero-order valence-electron chi connectivity index (χ0n) is 31.3. The number of rotatable bonds is 14. The molecule has 4 amide bonds. The molecule has 57 heavy (non-hydrogen) atoms. The Balaban J connectivity index is 1.75. The summed E-state index contributed by atoms with van der Waals surface area (Å²) in [4.78, 5) is 48.7. The number of hydrogen-bond donors (Lipinski definition) is 14. The highest BCUT2D eigenvalue weighted by Gasteiger charge is 2.55. The van der Waals surface area contributed by atoms with Gasteiger partial charge in [0.1, 0.15) is 97.4 Å². The first-order chi connectivity index (χ1) is 26.8. The fraction of sp³-hybridized carbons (Fsp3) is 0.875. The second-order valence-corrected chi connectivity index (χ2v) is 14.1. The van der Waals surface area contributed by atoms with E-state index >= 15 is 0 Å². The minimum absolute atomic E-state index is 0.677. The van der Waals surface area contributed by atoms with Crippen LogP contribution in [0.1, 0.15) is 27.7 Å². The minimum Gasteiger partial charge on any atom is -0.394 e. The van der Waals surface area contributed by atoms with E-state index in [1.165, 1.54) is 0 Å². The van der Waals surface area contributed by atoms with Crippen LogP contribution in [0, 0.1) is 0 Å². The van der Waals surface area contributed by atoms with Crippen molar-refractivity contribution in [2.45, 2.75) is 150 Å². The van der Waals surface area contributed by atoms with Crippen molar-refractivity contribution < 1.29 is 103 Å². The van der Waals surface area contributed by atoms with Gasteiger partial charge in [-0.2, -0.15) is 0 Å². The van der Waals surface area contributed by atoms with Gasteiger partial charge in [-0.05, 0) is 0 Å². The topological polar surface area (TPSA) is 383 Å². The molecule has 0 unspecified atom stereocenters. The first-order valence-corrected chi connectivity index (χ1v) is 18.0. The Labute approximate surface area is 325 Å². The molecule has 20 atom stereocenters. The van der Waals surface area contributed by atoms with E-state index in [9.17, 15) is 70.2 Å². The van der Waals surface area contributed by atoms with Crippen LogP contribution in [0.25, 0.3) is 0 Å². The normalized spacial score (nSPS) is 43.8. The molecule has 4 heterocycles. The van der Waals surface area contributed by atoms with Crippen LogP contribution in [0.15, 0.2) is 0 Å². The highest BCUT2D eigenvalue weighted by atomic mass is 16.7. The zero-order valence-corrected chi connectivity index (χ0v) is 31.3. The summed E-state index contributed by atoms with van der Waals surface area (Å²) < 4.78 is 40.8. The van der Waals surface area contributed by atoms with E-state index in [4.69, 9.17) is 33.2 Å². The monoisotopic (exact) mass is 830 g/mol. The molecule has 4 aliphatic heterocycles. The Morgan fingerprint density at radius 1 is 0.456 bits per heavy atom. The van der Waals surface area contributed by atoms with Crippen LogP contribution >= 0.6 is 0 Å². The predicted octanol–water partition coefficient (Wildman–Crippen LogP) is -9.17.